The van der Waals surface area contributed by atoms with Crippen molar-refractivity contribution in [2.45, 2.75) is 6.42 Å². The summed E-state index contributed by atoms with van der Waals surface area (Å²) in [6, 6.07) is 16.9. The van der Waals surface area contributed by atoms with E-state index in [2.05, 4.69) is 4.99 Å². The van der Waals surface area contributed by atoms with Crippen LogP contribution >= 0.6 is 0 Å². The number of allylic oxidation sites excluding steroid dienone is 5. The Morgan fingerprint density at radius 1 is 1.07 bits per heavy atom. The normalized spacial score (nSPS) is 15.7. The van der Waals surface area contributed by atoms with Gasteiger partial charge in [0, 0.05) is 13.5 Å². The van der Waals surface area contributed by atoms with Crippen molar-refractivity contribution in [2.24, 2.45) is 4.99 Å². The Bertz CT molecular complexity index is 966. The van der Waals surface area contributed by atoms with Crippen molar-refractivity contribution in [2.75, 3.05) is 7.05 Å². The van der Waals surface area contributed by atoms with Gasteiger partial charge < -0.3 is 4.74 Å². The van der Waals surface area contributed by atoms with E-state index in [1.165, 1.54) is 6.08 Å². The zero-order chi connectivity index (χ0) is 19.1. The SMILES string of the molecule is CN=C1CC=CC=C(C(=O)/C=C/c2cccc(Oc3ccccc3)c2)C1=O. The molecule has 1 aliphatic rings. The molecule has 1 aliphatic carbocycles. The topological polar surface area (TPSA) is 55.7 Å². The molecule has 3 rings (SSSR count). The van der Waals surface area contributed by atoms with Crippen LogP contribution in [0.15, 0.2) is 89.5 Å². The van der Waals surface area contributed by atoms with Crippen LogP contribution in [0.5, 0.6) is 11.5 Å². The number of hydrogen-bond acceptors (Lipinski definition) is 4. The lowest BCUT2D eigenvalue weighted by molar-refractivity contribution is -0.116. The molecule has 0 fully saturated rings. The van der Waals surface area contributed by atoms with Gasteiger partial charge in [-0.15, -0.1) is 0 Å². The number of para-hydroxylation sites is 1. The lowest BCUT2D eigenvalue weighted by Crippen LogP contribution is -2.19. The van der Waals surface area contributed by atoms with Gasteiger partial charge in [0.05, 0.1) is 11.3 Å². The van der Waals surface area contributed by atoms with E-state index >= 15 is 0 Å². The number of aliphatic imine (C=N–C) groups is 1. The number of nitrogens with zero attached hydrogens (tertiary/aromatic N) is 1. The van der Waals surface area contributed by atoms with E-state index in [1.54, 1.807) is 25.3 Å². The molecule has 0 atom stereocenters. The molecule has 0 heterocycles. The molecule has 0 N–H and O–H groups in total. The maximum atomic E-state index is 12.5. The second-order valence-corrected chi connectivity index (χ2v) is 5.90. The molecular weight excluding hydrogens is 338 g/mol. The minimum Gasteiger partial charge on any atom is -0.457 e. The van der Waals surface area contributed by atoms with Gasteiger partial charge in [0.25, 0.3) is 0 Å². The zero-order valence-corrected chi connectivity index (χ0v) is 15.0. The summed E-state index contributed by atoms with van der Waals surface area (Å²) in [7, 11) is 1.56. The number of ketones is 2. The third-order valence-electron chi connectivity index (χ3n) is 4.02. The highest BCUT2D eigenvalue weighted by atomic mass is 16.5. The van der Waals surface area contributed by atoms with Gasteiger partial charge in [-0.3, -0.25) is 14.6 Å². The molecule has 0 amide bonds. The number of benzene rings is 2. The first kappa shape index (κ1) is 18.3. The fraction of sp³-hybridized carbons (Fsp3) is 0.0870. The monoisotopic (exact) mass is 357 g/mol. The van der Waals surface area contributed by atoms with Gasteiger partial charge >= 0.3 is 0 Å². The summed E-state index contributed by atoms with van der Waals surface area (Å²) in [5.74, 6) is 0.742. The highest BCUT2D eigenvalue weighted by molar-refractivity contribution is 6.52. The van der Waals surface area contributed by atoms with Crippen molar-refractivity contribution in [1.82, 2.24) is 0 Å². The van der Waals surface area contributed by atoms with E-state index in [4.69, 9.17) is 4.74 Å². The largest absolute Gasteiger partial charge is 0.457 e. The number of Topliss-reactive ketones (excluding diaryl/α,β-unsaturated/α-hetero) is 1. The summed E-state index contributed by atoms with van der Waals surface area (Å²) in [5, 5.41) is 0. The third-order valence-corrected chi connectivity index (χ3v) is 4.02. The standard InChI is InChI=1S/C23H19NO3/c1-24-21-13-6-5-12-20(23(21)26)22(25)15-14-17-8-7-11-19(16-17)27-18-9-3-2-4-10-18/h2-12,14-16H,13H2,1H3/b15-14+,24-21?. The molecule has 0 unspecified atom stereocenters. The Labute approximate surface area is 158 Å². The number of carbonyl (C=O) groups is 2. The van der Waals surface area contributed by atoms with E-state index in [0.717, 1.165) is 11.3 Å². The lowest BCUT2D eigenvalue weighted by Gasteiger charge is -2.06. The van der Waals surface area contributed by atoms with Crippen molar-refractivity contribution >= 4 is 23.4 Å². The first-order valence-corrected chi connectivity index (χ1v) is 8.60. The Kier molecular flexibility index (Phi) is 5.90. The Hall–Kier alpha value is -3.53. The van der Waals surface area contributed by atoms with Crippen molar-refractivity contribution in [1.29, 1.82) is 0 Å². The number of hydrogen-bond donors (Lipinski definition) is 0. The van der Waals surface area contributed by atoms with Crippen LogP contribution < -0.4 is 4.74 Å². The summed E-state index contributed by atoms with van der Waals surface area (Å²) in [4.78, 5) is 28.8. The van der Waals surface area contributed by atoms with Gasteiger partial charge in [-0.1, -0.05) is 48.6 Å². The highest BCUT2D eigenvalue weighted by Gasteiger charge is 2.21. The molecule has 134 valence electrons. The smallest absolute Gasteiger partial charge is 0.210 e. The third kappa shape index (κ3) is 4.76. The van der Waals surface area contributed by atoms with Gasteiger partial charge in [-0.2, -0.15) is 0 Å². The van der Waals surface area contributed by atoms with Crippen molar-refractivity contribution < 1.29 is 14.3 Å². The summed E-state index contributed by atoms with van der Waals surface area (Å²) < 4.78 is 5.80. The predicted molar refractivity (Wildman–Crippen MR) is 107 cm³/mol. The second-order valence-electron chi connectivity index (χ2n) is 5.90. The Morgan fingerprint density at radius 2 is 1.85 bits per heavy atom. The van der Waals surface area contributed by atoms with Gasteiger partial charge in [-0.25, -0.2) is 0 Å². The number of rotatable bonds is 5. The summed E-state index contributed by atoms with van der Waals surface area (Å²) in [6.45, 7) is 0. The van der Waals surface area contributed by atoms with E-state index in [-0.39, 0.29) is 17.1 Å². The molecule has 0 spiro atoms. The molecular formula is C23H19NO3. The van der Waals surface area contributed by atoms with Gasteiger partial charge in [0.15, 0.2) is 5.78 Å². The molecule has 2 aromatic rings. The van der Waals surface area contributed by atoms with Crippen molar-refractivity contribution in [3.63, 3.8) is 0 Å². The van der Waals surface area contributed by atoms with Crippen LogP contribution in [0.1, 0.15) is 12.0 Å². The molecule has 0 saturated carbocycles. The summed E-state index contributed by atoms with van der Waals surface area (Å²) in [5.41, 5.74) is 1.31. The molecule has 27 heavy (non-hydrogen) atoms. The average Bonchev–Trinajstić information content (AvgIpc) is 2.88. The fourth-order valence-corrected chi connectivity index (χ4v) is 2.62. The minimum absolute atomic E-state index is 0.122. The van der Waals surface area contributed by atoms with E-state index < -0.39 is 0 Å². The van der Waals surface area contributed by atoms with Gasteiger partial charge in [0.2, 0.25) is 5.78 Å². The maximum Gasteiger partial charge on any atom is 0.210 e. The minimum atomic E-state index is -0.345. The van der Waals surface area contributed by atoms with Crippen LogP contribution in [0.4, 0.5) is 0 Å². The molecule has 2 aromatic carbocycles. The lowest BCUT2D eigenvalue weighted by atomic mass is 10.0. The Balaban J connectivity index is 1.75. The number of carbonyl (C=O) groups excluding carboxylic acids is 2. The quantitative estimate of drug-likeness (QED) is 0.581. The highest BCUT2D eigenvalue weighted by Crippen LogP contribution is 2.22. The molecule has 4 nitrogen and oxygen atoms in total. The van der Waals surface area contributed by atoms with Crippen LogP contribution in [0.3, 0.4) is 0 Å². The van der Waals surface area contributed by atoms with Gasteiger partial charge in [-0.05, 0) is 42.0 Å². The molecule has 0 aliphatic heterocycles. The predicted octanol–water partition coefficient (Wildman–Crippen LogP) is 4.59. The summed E-state index contributed by atoms with van der Waals surface area (Å²) in [6.07, 6.45) is 8.58. The first-order valence-electron chi connectivity index (χ1n) is 8.60. The summed E-state index contributed by atoms with van der Waals surface area (Å²) >= 11 is 0. The zero-order valence-electron chi connectivity index (χ0n) is 15.0. The molecule has 4 heteroatoms. The molecule has 0 saturated heterocycles. The second kappa shape index (κ2) is 8.72. The molecule has 0 radical (unpaired) electrons. The van der Waals surface area contributed by atoms with Crippen LogP contribution in [0, 0.1) is 0 Å². The van der Waals surface area contributed by atoms with Crippen LogP contribution in [-0.4, -0.2) is 24.3 Å². The van der Waals surface area contributed by atoms with Crippen LogP contribution in [0.25, 0.3) is 6.08 Å². The van der Waals surface area contributed by atoms with E-state index in [1.807, 2.05) is 60.7 Å². The Morgan fingerprint density at radius 3 is 2.63 bits per heavy atom. The molecule has 0 aromatic heterocycles. The van der Waals surface area contributed by atoms with Crippen molar-refractivity contribution in [3.05, 3.63) is 90.0 Å². The first-order chi connectivity index (χ1) is 13.2. The number of ether oxygens (including phenoxy) is 1. The van der Waals surface area contributed by atoms with E-state index in [9.17, 15) is 9.59 Å². The van der Waals surface area contributed by atoms with Crippen LogP contribution in [-0.2, 0) is 9.59 Å². The molecule has 0 bridgehead atoms. The van der Waals surface area contributed by atoms with Crippen molar-refractivity contribution in [3.8, 4) is 11.5 Å². The van der Waals surface area contributed by atoms with Gasteiger partial charge in [0.1, 0.15) is 11.5 Å². The maximum absolute atomic E-state index is 12.5. The fourth-order valence-electron chi connectivity index (χ4n) is 2.62. The average molecular weight is 357 g/mol. The van der Waals surface area contributed by atoms with E-state index in [0.29, 0.717) is 17.9 Å². The van der Waals surface area contributed by atoms with Crippen LogP contribution in [0.2, 0.25) is 0 Å².